The summed E-state index contributed by atoms with van der Waals surface area (Å²) in [6.07, 6.45) is 1.95. The monoisotopic (exact) mass is 369 g/mol. The maximum Gasteiger partial charge on any atom is 0.319 e. The number of nitrogens with one attached hydrogen (secondary N) is 2. The maximum absolute atomic E-state index is 13.6. The molecule has 4 nitrogen and oxygen atoms in total. The zero-order valence-electron chi connectivity index (χ0n) is 15.2. The molecule has 0 aliphatic heterocycles. The maximum atomic E-state index is 13.6. The van der Waals surface area contributed by atoms with Crippen LogP contribution in [0, 0.1) is 25.5 Å². The van der Waals surface area contributed by atoms with Gasteiger partial charge >= 0.3 is 6.03 Å². The van der Waals surface area contributed by atoms with Crippen molar-refractivity contribution in [1.29, 1.82) is 0 Å². The molecule has 1 aromatic heterocycles. The Balaban J connectivity index is 1.64. The average Bonchev–Trinajstić information content (AvgIpc) is 3.06. The number of nitrogens with zero attached hydrogens (tertiary/aromatic N) is 1. The van der Waals surface area contributed by atoms with Gasteiger partial charge in [0.25, 0.3) is 0 Å². The Morgan fingerprint density at radius 1 is 1.07 bits per heavy atom. The highest BCUT2D eigenvalue weighted by Crippen LogP contribution is 2.16. The lowest BCUT2D eigenvalue weighted by Gasteiger charge is -2.13. The van der Waals surface area contributed by atoms with Crippen molar-refractivity contribution in [2.75, 3.05) is 5.32 Å². The van der Waals surface area contributed by atoms with Gasteiger partial charge in [0, 0.05) is 24.5 Å². The van der Waals surface area contributed by atoms with Gasteiger partial charge in [0.2, 0.25) is 0 Å². The van der Waals surface area contributed by atoms with Crippen molar-refractivity contribution >= 4 is 11.7 Å². The Hall–Kier alpha value is -3.15. The first-order chi connectivity index (χ1) is 12.9. The first-order valence-corrected chi connectivity index (χ1v) is 8.62. The van der Waals surface area contributed by atoms with Crippen LogP contribution in [0.25, 0.3) is 0 Å². The van der Waals surface area contributed by atoms with Gasteiger partial charge in [-0.1, -0.05) is 23.8 Å². The lowest BCUT2D eigenvalue weighted by atomic mass is 10.1. The van der Waals surface area contributed by atoms with Gasteiger partial charge in [0.15, 0.2) is 0 Å². The smallest absolute Gasteiger partial charge is 0.319 e. The third-order valence-corrected chi connectivity index (χ3v) is 4.38. The van der Waals surface area contributed by atoms with E-state index in [2.05, 4.69) is 42.7 Å². The standard InChI is InChI=1S/C21H21F2N3O/c1-14-5-6-15(2)16(10-14)13-26-9-3-4-18(26)12-24-21(27)25-20-11-17(22)7-8-19(20)23/h3-11H,12-13H2,1-2H3,(H2,24,25,27). The van der Waals surface area contributed by atoms with Crippen molar-refractivity contribution in [3.63, 3.8) is 0 Å². The number of urea groups is 1. The van der Waals surface area contributed by atoms with Crippen LogP contribution in [-0.2, 0) is 13.1 Å². The number of carbonyl (C=O) groups excluding carboxylic acids is 1. The van der Waals surface area contributed by atoms with E-state index in [1.807, 2.05) is 22.9 Å². The molecule has 0 radical (unpaired) electrons. The van der Waals surface area contributed by atoms with Crippen LogP contribution in [0.5, 0.6) is 0 Å². The van der Waals surface area contributed by atoms with Crippen LogP contribution < -0.4 is 10.6 Å². The summed E-state index contributed by atoms with van der Waals surface area (Å²) in [7, 11) is 0. The van der Waals surface area contributed by atoms with E-state index in [0.29, 0.717) is 6.54 Å². The summed E-state index contributed by atoms with van der Waals surface area (Å²) in [4.78, 5) is 12.0. The molecule has 0 fully saturated rings. The zero-order valence-corrected chi connectivity index (χ0v) is 15.2. The van der Waals surface area contributed by atoms with Gasteiger partial charge in [-0.2, -0.15) is 0 Å². The Labute approximate surface area is 156 Å². The van der Waals surface area contributed by atoms with Gasteiger partial charge < -0.3 is 15.2 Å². The molecule has 2 aromatic carbocycles. The van der Waals surface area contributed by atoms with Crippen LogP contribution in [-0.4, -0.2) is 10.6 Å². The highest BCUT2D eigenvalue weighted by molar-refractivity contribution is 5.89. The summed E-state index contributed by atoms with van der Waals surface area (Å²) in [5.74, 6) is -1.31. The number of carbonyl (C=O) groups is 1. The van der Waals surface area contributed by atoms with Crippen LogP contribution in [0.2, 0.25) is 0 Å². The quantitative estimate of drug-likeness (QED) is 0.670. The van der Waals surface area contributed by atoms with Crippen molar-refractivity contribution in [3.8, 4) is 0 Å². The number of aryl methyl sites for hydroxylation is 2. The van der Waals surface area contributed by atoms with E-state index in [9.17, 15) is 13.6 Å². The molecule has 140 valence electrons. The average molecular weight is 369 g/mol. The first-order valence-electron chi connectivity index (χ1n) is 8.62. The molecule has 2 N–H and O–H groups in total. The van der Waals surface area contributed by atoms with Gasteiger partial charge in [0.05, 0.1) is 12.2 Å². The van der Waals surface area contributed by atoms with E-state index in [1.165, 1.54) is 16.7 Å². The molecule has 3 rings (SSSR count). The normalized spacial score (nSPS) is 10.7. The van der Waals surface area contributed by atoms with Gasteiger partial charge in [-0.15, -0.1) is 0 Å². The fraction of sp³-hybridized carbons (Fsp3) is 0.190. The Morgan fingerprint density at radius 3 is 2.70 bits per heavy atom. The number of hydrogen-bond acceptors (Lipinski definition) is 1. The lowest BCUT2D eigenvalue weighted by Crippen LogP contribution is -2.29. The lowest BCUT2D eigenvalue weighted by molar-refractivity contribution is 0.251. The number of aromatic nitrogens is 1. The van der Waals surface area contributed by atoms with E-state index in [0.717, 1.165) is 23.9 Å². The predicted molar refractivity (Wildman–Crippen MR) is 102 cm³/mol. The van der Waals surface area contributed by atoms with Crippen molar-refractivity contribution in [2.45, 2.75) is 26.9 Å². The van der Waals surface area contributed by atoms with Crippen LogP contribution in [0.15, 0.2) is 54.7 Å². The van der Waals surface area contributed by atoms with Crippen LogP contribution >= 0.6 is 0 Å². The van der Waals surface area contributed by atoms with Crippen LogP contribution in [0.1, 0.15) is 22.4 Å². The minimum absolute atomic E-state index is 0.196. The zero-order chi connectivity index (χ0) is 19.4. The summed E-state index contributed by atoms with van der Waals surface area (Å²) in [5.41, 5.74) is 4.31. The minimum Gasteiger partial charge on any atom is -0.345 e. The van der Waals surface area contributed by atoms with Crippen molar-refractivity contribution in [1.82, 2.24) is 9.88 Å². The number of rotatable bonds is 5. The number of anilines is 1. The summed E-state index contributed by atoms with van der Waals surface area (Å²) < 4.78 is 28.8. The predicted octanol–water partition coefficient (Wildman–Crippen LogP) is 4.75. The van der Waals surface area contributed by atoms with Crippen LogP contribution in [0.4, 0.5) is 19.3 Å². The van der Waals surface area contributed by atoms with E-state index >= 15 is 0 Å². The molecule has 0 unspecified atom stereocenters. The molecule has 0 aliphatic carbocycles. The van der Waals surface area contributed by atoms with Crippen LogP contribution in [0.3, 0.4) is 0 Å². The summed E-state index contributed by atoms with van der Waals surface area (Å²) in [6, 6.07) is 12.4. The second kappa shape index (κ2) is 8.03. The molecule has 6 heteroatoms. The molecule has 2 amide bonds. The van der Waals surface area contributed by atoms with Crippen molar-refractivity contribution < 1.29 is 13.6 Å². The summed E-state index contributed by atoms with van der Waals surface area (Å²) in [6.45, 7) is 5.08. The number of hydrogen-bond donors (Lipinski definition) is 2. The SMILES string of the molecule is Cc1ccc(C)c(Cn2cccc2CNC(=O)Nc2cc(F)ccc2F)c1. The van der Waals surface area contributed by atoms with Gasteiger partial charge in [0.1, 0.15) is 11.6 Å². The van der Waals surface area contributed by atoms with Gasteiger partial charge in [-0.25, -0.2) is 13.6 Å². The highest BCUT2D eigenvalue weighted by atomic mass is 19.1. The van der Waals surface area contributed by atoms with Gasteiger partial charge in [-0.3, -0.25) is 0 Å². The molecule has 0 saturated carbocycles. The fourth-order valence-electron chi connectivity index (χ4n) is 2.85. The van der Waals surface area contributed by atoms with E-state index in [4.69, 9.17) is 0 Å². The molecule has 0 atom stereocenters. The molecule has 0 spiro atoms. The molecule has 27 heavy (non-hydrogen) atoms. The van der Waals surface area contributed by atoms with E-state index in [1.54, 1.807) is 0 Å². The Kier molecular flexibility index (Phi) is 5.54. The number of benzene rings is 2. The summed E-state index contributed by atoms with van der Waals surface area (Å²) in [5, 5.41) is 5.00. The van der Waals surface area contributed by atoms with E-state index in [-0.39, 0.29) is 12.2 Å². The number of amides is 2. The third kappa shape index (κ3) is 4.73. The van der Waals surface area contributed by atoms with Crippen molar-refractivity contribution in [3.05, 3.63) is 88.7 Å². The Morgan fingerprint density at radius 2 is 1.89 bits per heavy atom. The fourth-order valence-corrected chi connectivity index (χ4v) is 2.85. The number of halogens is 2. The molecule has 0 bridgehead atoms. The first kappa shape index (κ1) is 18.6. The van der Waals surface area contributed by atoms with Gasteiger partial charge in [-0.05, 0) is 49.2 Å². The topological polar surface area (TPSA) is 46.1 Å². The largest absolute Gasteiger partial charge is 0.345 e. The summed E-state index contributed by atoms with van der Waals surface area (Å²) >= 11 is 0. The minimum atomic E-state index is -0.690. The van der Waals surface area contributed by atoms with Crippen molar-refractivity contribution in [2.24, 2.45) is 0 Å². The van der Waals surface area contributed by atoms with E-state index < -0.39 is 17.7 Å². The molecule has 1 heterocycles. The second-order valence-corrected chi connectivity index (χ2v) is 6.49. The molecule has 0 aliphatic rings. The highest BCUT2D eigenvalue weighted by Gasteiger charge is 2.10. The molecular weight excluding hydrogens is 348 g/mol. The second-order valence-electron chi connectivity index (χ2n) is 6.49. The molecule has 0 saturated heterocycles. The Bertz CT molecular complexity index is 966. The third-order valence-electron chi connectivity index (χ3n) is 4.38. The molecular formula is C21H21F2N3O. The molecule has 3 aromatic rings.